The monoisotopic (exact) mass is 473 g/mol. The first-order valence-corrected chi connectivity index (χ1v) is 10.7. The van der Waals surface area contributed by atoms with E-state index >= 15 is 0 Å². The highest BCUT2D eigenvalue weighted by atomic mass is 32.1. The number of hydrogen-bond donors (Lipinski definition) is 3. The van der Waals surface area contributed by atoms with Gasteiger partial charge in [0.15, 0.2) is 11.7 Å². The number of carbonyl (C=O) groups is 3. The van der Waals surface area contributed by atoms with Gasteiger partial charge in [0.05, 0.1) is 24.3 Å². The van der Waals surface area contributed by atoms with Crippen LogP contribution in [0.3, 0.4) is 0 Å². The molecular formula is C23H27N3O6S. The van der Waals surface area contributed by atoms with Crippen molar-refractivity contribution in [3.8, 4) is 11.5 Å². The van der Waals surface area contributed by atoms with Crippen LogP contribution in [0.1, 0.15) is 41.5 Å². The van der Waals surface area contributed by atoms with E-state index in [0.717, 1.165) is 0 Å². The first kappa shape index (κ1) is 25.6. The predicted octanol–water partition coefficient (Wildman–Crippen LogP) is 2.61. The quantitative estimate of drug-likeness (QED) is 0.289. The number of hydrogen-bond acceptors (Lipinski definition) is 7. The largest absolute Gasteiger partial charge is 0.492 e. The average molecular weight is 474 g/mol. The average Bonchev–Trinajstić information content (AvgIpc) is 2.80. The van der Waals surface area contributed by atoms with Crippen LogP contribution in [0.2, 0.25) is 0 Å². The zero-order valence-corrected chi connectivity index (χ0v) is 19.5. The van der Waals surface area contributed by atoms with Crippen LogP contribution in [0.15, 0.2) is 48.5 Å². The van der Waals surface area contributed by atoms with Crippen molar-refractivity contribution in [3.05, 3.63) is 59.7 Å². The molecule has 0 fully saturated rings. The summed E-state index contributed by atoms with van der Waals surface area (Å²) in [6, 6.07) is 13.0. The summed E-state index contributed by atoms with van der Waals surface area (Å²) >= 11 is 5.05. The van der Waals surface area contributed by atoms with E-state index in [1.165, 1.54) is 12.1 Å². The molecule has 0 atom stereocenters. The van der Waals surface area contributed by atoms with Crippen molar-refractivity contribution in [3.63, 3.8) is 0 Å². The smallest absolute Gasteiger partial charge is 0.338 e. The van der Waals surface area contributed by atoms with E-state index in [9.17, 15) is 14.4 Å². The third-order valence-electron chi connectivity index (χ3n) is 3.98. The molecule has 3 N–H and O–H groups in total. The van der Waals surface area contributed by atoms with Crippen LogP contribution in [-0.4, -0.2) is 42.7 Å². The number of rotatable bonds is 9. The van der Waals surface area contributed by atoms with Crippen LogP contribution in [0, 0.1) is 5.92 Å². The van der Waals surface area contributed by atoms with E-state index in [-0.39, 0.29) is 18.3 Å². The SMILES string of the molecule is CCOC(=O)c1ccc(OCC(=O)NNC(=S)NC(=O)c2ccccc2OCC(C)C)cc1. The molecule has 0 bridgehead atoms. The number of nitrogens with one attached hydrogen (secondary N) is 3. The number of carbonyl (C=O) groups excluding carboxylic acids is 3. The minimum Gasteiger partial charge on any atom is -0.492 e. The van der Waals surface area contributed by atoms with Gasteiger partial charge in [0.1, 0.15) is 11.5 Å². The molecule has 2 rings (SSSR count). The first-order valence-electron chi connectivity index (χ1n) is 10.3. The highest BCUT2D eigenvalue weighted by Gasteiger charge is 2.14. The Morgan fingerprint density at radius 3 is 2.33 bits per heavy atom. The normalized spacial score (nSPS) is 10.2. The summed E-state index contributed by atoms with van der Waals surface area (Å²) in [5.41, 5.74) is 5.48. The number of amides is 2. The lowest BCUT2D eigenvalue weighted by Crippen LogP contribution is -2.49. The van der Waals surface area contributed by atoms with Gasteiger partial charge < -0.3 is 14.2 Å². The minimum atomic E-state index is -0.526. The lowest BCUT2D eigenvalue weighted by atomic mass is 10.2. The number of thiocarbonyl (C=S) groups is 1. The molecule has 2 aromatic carbocycles. The van der Waals surface area contributed by atoms with E-state index in [1.807, 2.05) is 13.8 Å². The van der Waals surface area contributed by atoms with Crippen LogP contribution >= 0.6 is 12.2 Å². The highest BCUT2D eigenvalue weighted by Crippen LogP contribution is 2.18. The van der Waals surface area contributed by atoms with Crippen molar-refractivity contribution in [2.75, 3.05) is 19.8 Å². The Morgan fingerprint density at radius 1 is 0.970 bits per heavy atom. The van der Waals surface area contributed by atoms with Crippen molar-refractivity contribution in [1.29, 1.82) is 0 Å². The van der Waals surface area contributed by atoms with Crippen LogP contribution in [-0.2, 0) is 9.53 Å². The second-order valence-electron chi connectivity index (χ2n) is 7.19. The first-order chi connectivity index (χ1) is 15.8. The van der Waals surface area contributed by atoms with Gasteiger partial charge in [-0.1, -0.05) is 26.0 Å². The zero-order valence-electron chi connectivity index (χ0n) is 18.7. The van der Waals surface area contributed by atoms with Gasteiger partial charge in [0, 0.05) is 0 Å². The maximum Gasteiger partial charge on any atom is 0.338 e. The number of para-hydroxylation sites is 1. The molecule has 0 aliphatic rings. The Balaban J connectivity index is 1.78. The van der Waals surface area contributed by atoms with Gasteiger partial charge in [-0.05, 0) is 61.5 Å². The zero-order chi connectivity index (χ0) is 24.2. The van der Waals surface area contributed by atoms with Crippen molar-refractivity contribution >= 4 is 35.1 Å². The third-order valence-corrected chi connectivity index (χ3v) is 4.19. The third kappa shape index (κ3) is 8.77. The van der Waals surface area contributed by atoms with Gasteiger partial charge >= 0.3 is 5.97 Å². The van der Waals surface area contributed by atoms with E-state index < -0.39 is 17.8 Å². The molecule has 2 amide bonds. The van der Waals surface area contributed by atoms with E-state index in [4.69, 9.17) is 26.4 Å². The Bertz CT molecular complexity index is 978. The molecule has 33 heavy (non-hydrogen) atoms. The van der Waals surface area contributed by atoms with Crippen molar-refractivity contribution < 1.29 is 28.6 Å². The minimum absolute atomic E-state index is 0.0918. The molecular weight excluding hydrogens is 446 g/mol. The van der Waals surface area contributed by atoms with Gasteiger partial charge in [-0.3, -0.25) is 25.8 Å². The maximum atomic E-state index is 12.5. The van der Waals surface area contributed by atoms with Crippen molar-refractivity contribution in [2.45, 2.75) is 20.8 Å². The predicted molar refractivity (Wildman–Crippen MR) is 126 cm³/mol. The number of benzene rings is 2. The Labute approximate surface area is 197 Å². The summed E-state index contributed by atoms with van der Waals surface area (Å²) in [4.78, 5) is 36.1. The van der Waals surface area contributed by atoms with Gasteiger partial charge in [-0.15, -0.1) is 0 Å². The molecule has 0 unspecified atom stereocenters. The molecule has 176 valence electrons. The second-order valence-corrected chi connectivity index (χ2v) is 7.60. The Morgan fingerprint density at radius 2 is 1.67 bits per heavy atom. The van der Waals surface area contributed by atoms with E-state index in [0.29, 0.717) is 35.2 Å². The lowest BCUT2D eigenvalue weighted by molar-refractivity contribution is -0.123. The molecule has 0 aromatic heterocycles. The maximum absolute atomic E-state index is 12.5. The van der Waals surface area contributed by atoms with Gasteiger partial charge in [-0.2, -0.15) is 0 Å². The fraction of sp³-hybridized carbons (Fsp3) is 0.304. The Hall–Kier alpha value is -3.66. The molecule has 2 aromatic rings. The summed E-state index contributed by atoms with van der Waals surface area (Å²) in [5, 5.41) is 2.39. The summed E-state index contributed by atoms with van der Waals surface area (Å²) in [6.45, 7) is 6.17. The van der Waals surface area contributed by atoms with Gasteiger partial charge in [0.2, 0.25) is 0 Å². The van der Waals surface area contributed by atoms with Crippen LogP contribution < -0.4 is 25.6 Å². The van der Waals surface area contributed by atoms with Crippen molar-refractivity contribution in [1.82, 2.24) is 16.2 Å². The standard InChI is InChI=1S/C23H27N3O6S/c1-4-30-22(29)16-9-11-17(12-10-16)31-14-20(27)25-26-23(33)24-21(28)18-7-5-6-8-19(18)32-13-15(2)3/h5-12,15H,4,13-14H2,1-3H3,(H,25,27)(H2,24,26,28,33). The number of hydrazine groups is 1. The summed E-state index contributed by atoms with van der Waals surface area (Å²) in [7, 11) is 0. The fourth-order valence-electron chi connectivity index (χ4n) is 2.45. The topological polar surface area (TPSA) is 115 Å². The van der Waals surface area contributed by atoms with Gasteiger partial charge in [0.25, 0.3) is 11.8 Å². The molecule has 0 aliphatic carbocycles. The van der Waals surface area contributed by atoms with E-state index in [2.05, 4.69) is 16.2 Å². The van der Waals surface area contributed by atoms with Crippen LogP contribution in [0.5, 0.6) is 11.5 Å². The van der Waals surface area contributed by atoms with Crippen molar-refractivity contribution in [2.24, 2.45) is 5.92 Å². The van der Waals surface area contributed by atoms with E-state index in [1.54, 1.807) is 43.3 Å². The second kappa shape index (κ2) is 13.0. The van der Waals surface area contributed by atoms with Crippen LogP contribution in [0.25, 0.3) is 0 Å². The lowest BCUT2D eigenvalue weighted by Gasteiger charge is -2.14. The molecule has 0 spiro atoms. The summed E-state index contributed by atoms with van der Waals surface area (Å²) < 4.78 is 15.9. The van der Waals surface area contributed by atoms with Crippen LogP contribution in [0.4, 0.5) is 0 Å². The molecule has 0 saturated carbocycles. The molecule has 0 saturated heterocycles. The number of ether oxygens (including phenoxy) is 3. The Kier molecular flexibility index (Phi) is 10.1. The summed E-state index contributed by atoms with van der Waals surface area (Å²) in [6.07, 6.45) is 0. The molecule has 0 aliphatic heterocycles. The summed E-state index contributed by atoms with van der Waals surface area (Å²) in [5.74, 6) is -0.293. The molecule has 10 heteroatoms. The molecule has 9 nitrogen and oxygen atoms in total. The fourth-order valence-corrected chi connectivity index (χ4v) is 2.60. The molecule has 0 heterocycles. The van der Waals surface area contributed by atoms with Gasteiger partial charge in [-0.25, -0.2) is 4.79 Å². The highest BCUT2D eigenvalue weighted by molar-refractivity contribution is 7.80. The number of esters is 1. The molecule has 0 radical (unpaired) electrons.